The number of hydrogen-bond acceptors (Lipinski definition) is 3. The molecule has 2 rings (SSSR count). The topological polar surface area (TPSA) is 54.2 Å². The second-order valence-corrected chi connectivity index (χ2v) is 7.09. The monoisotopic (exact) mass is 447 g/mol. The molecule has 7 heteroatoms. The minimum absolute atomic E-state index is 0. The van der Waals surface area contributed by atoms with Gasteiger partial charge in [-0.15, -0.1) is 35.3 Å². The largest absolute Gasteiger partial charge is 0.355 e. The van der Waals surface area contributed by atoms with Gasteiger partial charge in [-0.1, -0.05) is 20.8 Å². The van der Waals surface area contributed by atoms with Crippen LogP contribution < -0.4 is 10.6 Å². The molecule has 0 atom stereocenters. The van der Waals surface area contributed by atoms with Gasteiger partial charge in [0.25, 0.3) is 0 Å². The molecule has 0 radical (unpaired) electrons. The maximum absolute atomic E-state index is 4.68. The Kier molecular flexibility index (Phi) is 8.04. The molecule has 0 aromatic carbocycles. The molecular formula is C16H26IN5S. The summed E-state index contributed by atoms with van der Waals surface area (Å²) in [5, 5.41) is 9.84. The van der Waals surface area contributed by atoms with E-state index < -0.39 is 0 Å². The highest BCUT2D eigenvalue weighted by atomic mass is 127. The van der Waals surface area contributed by atoms with Crippen molar-refractivity contribution in [1.29, 1.82) is 0 Å². The average Bonchev–Trinajstić information content (AvgIpc) is 3.13. The molecule has 0 fully saturated rings. The molecule has 2 N–H and O–H groups in total. The Labute approximate surface area is 159 Å². The van der Waals surface area contributed by atoms with Gasteiger partial charge in [-0.2, -0.15) is 0 Å². The zero-order valence-electron chi connectivity index (χ0n) is 14.2. The van der Waals surface area contributed by atoms with E-state index in [0.29, 0.717) is 6.54 Å². The molecule has 0 saturated carbocycles. The Hall–Kier alpha value is -1.09. The molecule has 0 amide bonds. The van der Waals surface area contributed by atoms with Crippen LogP contribution in [0.15, 0.2) is 34.9 Å². The number of nitrogens with one attached hydrogen (secondary N) is 2. The lowest BCUT2D eigenvalue weighted by atomic mass is 9.93. The normalized spacial score (nSPS) is 11.9. The Morgan fingerprint density at radius 2 is 1.96 bits per heavy atom. The Morgan fingerprint density at radius 1 is 1.26 bits per heavy atom. The van der Waals surface area contributed by atoms with Crippen molar-refractivity contribution >= 4 is 41.3 Å². The van der Waals surface area contributed by atoms with Crippen molar-refractivity contribution < 1.29 is 0 Å². The fourth-order valence-corrected chi connectivity index (χ4v) is 2.90. The van der Waals surface area contributed by atoms with E-state index >= 15 is 0 Å². The highest BCUT2D eigenvalue weighted by Crippen LogP contribution is 2.23. The molecular weight excluding hydrogens is 421 g/mol. The van der Waals surface area contributed by atoms with Crippen LogP contribution in [-0.4, -0.2) is 29.1 Å². The van der Waals surface area contributed by atoms with Crippen molar-refractivity contribution in [3.8, 4) is 0 Å². The molecule has 0 aliphatic rings. The van der Waals surface area contributed by atoms with Crippen LogP contribution in [0.5, 0.6) is 0 Å². The van der Waals surface area contributed by atoms with Gasteiger partial charge in [0.2, 0.25) is 0 Å². The summed E-state index contributed by atoms with van der Waals surface area (Å²) in [6.07, 6.45) is 4.11. The minimum atomic E-state index is 0. The lowest BCUT2D eigenvalue weighted by Crippen LogP contribution is -2.38. The molecule has 2 heterocycles. The summed E-state index contributed by atoms with van der Waals surface area (Å²) in [6.45, 7) is 8.99. The third-order valence-electron chi connectivity index (χ3n) is 3.28. The first-order chi connectivity index (χ1) is 10.5. The van der Waals surface area contributed by atoms with Crippen LogP contribution in [-0.2, 0) is 18.5 Å². The number of thiazole rings is 1. The first-order valence-corrected chi connectivity index (χ1v) is 8.37. The fourth-order valence-electron chi connectivity index (χ4n) is 1.94. The van der Waals surface area contributed by atoms with E-state index in [1.54, 1.807) is 18.4 Å². The molecule has 2 aromatic heterocycles. The van der Waals surface area contributed by atoms with E-state index in [1.807, 2.05) is 12.1 Å². The van der Waals surface area contributed by atoms with Gasteiger partial charge < -0.3 is 15.2 Å². The summed E-state index contributed by atoms with van der Waals surface area (Å²) in [7, 11) is 1.79. The SMILES string of the molecule is CN=C(NCCn1cccc1)NCc1nc(C(C)(C)C)cs1.I. The van der Waals surface area contributed by atoms with Crippen LogP contribution >= 0.6 is 35.3 Å². The van der Waals surface area contributed by atoms with Gasteiger partial charge in [-0.05, 0) is 12.1 Å². The van der Waals surface area contributed by atoms with Gasteiger partial charge in [-0.3, -0.25) is 4.99 Å². The third-order valence-corrected chi connectivity index (χ3v) is 4.13. The molecule has 0 spiro atoms. The van der Waals surface area contributed by atoms with Crippen molar-refractivity contribution in [2.75, 3.05) is 13.6 Å². The van der Waals surface area contributed by atoms with E-state index in [0.717, 1.165) is 29.8 Å². The van der Waals surface area contributed by atoms with Crippen LogP contribution in [0.1, 0.15) is 31.5 Å². The summed E-state index contributed by atoms with van der Waals surface area (Å²) in [6, 6.07) is 4.06. The fraction of sp³-hybridized carbons (Fsp3) is 0.500. The number of hydrogen-bond donors (Lipinski definition) is 2. The van der Waals surface area contributed by atoms with E-state index in [9.17, 15) is 0 Å². The zero-order valence-corrected chi connectivity index (χ0v) is 17.3. The number of halogens is 1. The molecule has 0 aliphatic heterocycles. The predicted octanol–water partition coefficient (Wildman–Crippen LogP) is 3.23. The lowest BCUT2D eigenvalue weighted by Gasteiger charge is -2.14. The molecule has 5 nitrogen and oxygen atoms in total. The van der Waals surface area contributed by atoms with Crippen molar-refractivity contribution in [2.45, 2.75) is 39.3 Å². The molecule has 0 unspecified atom stereocenters. The van der Waals surface area contributed by atoms with Crippen molar-refractivity contribution in [3.05, 3.63) is 40.6 Å². The van der Waals surface area contributed by atoms with E-state index in [4.69, 9.17) is 0 Å². The van der Waals surface area contributed by atoms with Crippen molar-refractivity contribution in [3.63, 3.8) is 0 Å². The zero-order chi connectivity index (χ0) is 16.0. The Balaban J connectivity index is 0.00000264. The second kappa shape index (κ2) is 9.27. The van der Waals surface area contributed by atoms with Gasteiger partial charge in [0.05, 0.1) is 12.2 Å². The number of nitrogens with zero attached hydrogens (tertiary/aromatic N) is 3. The summed E-state index contributed by atoms with van der Waals surface area (Å²) in [5.41, 5.74) is 1.25. The van der Waals surface area contributed by atoms with Crippen molar-refractivity contribution in [1.82, 2.24) is 20.2 Å². The van der Waals surface area contributed by atoms with Crippen LogP contribution in [0.3, 0.4) is 0 Å². The average molecular weight is 447 g/mol. The van der Waals surface area contributed by atoms with E-state index in [1.165, 1.54) is 0 Å². The van der Waals surface area contributed by atoms with Crippen LogP contribution in [0, 0.1) is 0 Å². The number of rotatable bonds is 5. The molecule has 128 valence electrons. The highest BCUT2D eigenvalue weighted by molar-refractivity contribution is 14.0. The van der Waals surface area contributed by atoms with Crippen molar-refractivity contribution in [2.24, 2.45) is 4.99 Å². The van der Waals surface area contributed by atoms with Crippen LogP contribution in [0.4, 0.5) is 0 Å². The highest BCUT2D eigenvalue weighted by Gasteiger charge is 2.17. The predicted molar refractivity (Wildman–Crippen MR) is 109 cm³/mol. The maximum Gasteiger partial charge on any atom is 0.191 e. The Bertz CT molecular complexity index is 598. The molecule has 2 aromatic rings. The molecule has 0 saturated heterocycles. The van der Waals surface area contributed by atoms with Gasteiger partial charge in [-0.25, -0.2) is 4.98 Å². The molecule has 0 aliphatic carbocycles. The number of guanidine groups is 1. The first kappa shape index (κ1) is 20.0. The third kappa shape index (κ3) is 6.50. The maximum atomic E-state index is 4.68. The van der Waals surface area contributed by atoms with Gasteiger partial charge >= 0.3 is 0 Å². The molecule has 23 heavy (non-hydrogen) atoms. The second-order valence-electron chi connectivity index (χ2n) is 6.15. The Morgan fingerprint density at radius 3 is 2.52 bits per heavy atom. The van der Waals surface area contributed by atoms with Gasteiger partial charge in [0.15, 0.2) is 5.96 Å². The lowest BCUT2D eigenvalue weighted by molar-refractivity contribution is 0.570. The van der Waals surface area contributed by atoms with Crippen LogP contribution in [0.2, 0.25) is 0 Å². The van der Waals surface area contributed by atoms with Gasteiger partial charge in [0.1, 0.15) is 5.01 Å². The smallest absolute Gasteiger partial charge is 0.191 e. The summed E-state index contributed by atoms with van der Waals surface area (Å²) < 4.78 is 2.14. The number of aliphatic imine (C=N–C) groups is 1. The minimum Gasteiger partial charge on any atom is -0.355 e. The summed E-state index contributed by atoms with van der Waals surface area (Å²) >= 11 is 1.69. The first-order valence-electron chi connectivity index (χ1n) is 7.49. The van der Waals surface area contributed by atoms with E-state index in [-0.39, 0.29) is 29.4 Å². The van der Waals surface area contributed by atoms with Crippen LogP contribution in [0.25, 0.3) is 0 Å². The molecule has 0 bridgehead atoms. The van der Waals surface area contributed by atoms with Gasteiger partial charge in [0, 0.05) is 43.3 Å². The quantitative estimate of drug-likeness (QED) is 0.421. The summed E-state index contributed by atoms with van der Waals surface area (Å²) in [4.78, 5) is 8.92. The summed E-state index contributed by atoms with van der Waals surface area (Å²) in [5.74, 6) is 0.805. The van der Waals surface area contributed by atoms with E-state index in [2.05, 4.69) is 63.7 Å². The number of aromatic nitrogens is 2. The standard InChI is InChI=1S/C16H25N5S.HI/c1-16(2,3)13-12-22-14(20-13)11-19-15(17-4)18-7-10-21-8-5-6-9-21;/h5-6,8-9,12H,7,10-11H2,1-4H3,(H2,17,18,19);1H.